The van der Waals surface area contributed by atoms with E-state index in [1.165, 1.54) is 19.2 Å². The number of hydrogen-bond acceptors (Lipinski definition) is 5. The maximum Gasteiger partial charge on any atom is 0.261 e. The average Bonchev–Trinajstić information content (AvgIpc) is 2.66. The van der Waals surface area contributed by atoms with E-state index in [2.05, 4.69) is 15.4 Å². The molecule has 1 amide bonds. The number of benzene rings is 2. The Hall–Kier alpha value is -2.49. The molecule has 0 bridgehead atoms. The number of carbonyl (C=O) groups excluding carboxylic acids is 1. The van der Waals surface area contributed by atoms with Crippen molar-refractivity contribution in [1.29, 1.82) is 0 Å². The summed E-state index contributed by atoms with van der Waals surface area (Å²) in [5.74, 6) is 0.0276. The topological polar surface area (TPSA) is 96.5 Å². The van der Waals surface area contributed by atoms with Crippen molar-refractivity contribution < 1.29 is 17.9 Å². The highest BCUT2D eigenvalue weighted by atomic mass is 32.2. The van der Waals surface area contributed by atoms with Gasteiger partial charge in [-0.1, -0.05) is 19.1 Å². The zero-order valence-electron chi connectivity index (χ0n) is 15.0. The molecule has 0 saturated carbocycles. The summed E-state index contributed by atoms with van der Waals surface area (Å²) in [6.45, 7) is 2.26. The number of ether oxygens (including phenoxy) is 1. The zero-order chi connectivity index (χ0) is 19.9. The molecule has 2 aromatic carbocycles. The molecule has 144 valence electrons. The number of thiocarbonyl (C=S) groups is 1. The molecule has 9 heteroatoms. The monoisotopic (exact) mass is 407 g/mol. The Bertz CT molecular complexity index is 912. The number of sulfonamides is 1. The molecule has 0 radical (unpaired) electrons. The Balaban J connectivity index is 2.01. The van der Waals surface area contributed by atoms with E-state index < -0.39 is 15.9 Å². The van der Waals surface area contributed by atoms with E-state index in [1.54, 1.807) is 36.4 Å². The number of anilines is 1. The summed E-state index contributed by atoms with van der Waals surface area (Å²) in [5, 5.41) is 5.50. The molecule has 3 N–H and O–H groups in total. The van der Waals surface area contributed by atoms with E-state index in [4.69, 9.17) is 17.0 Å². The average molecular weight is 408 g/mol. The highest BCUT2D eigenvalue weighted by Crippen LogP contribution is 2.17. The lowest BCUT2D eigenvalue weighted by atomic mass is 10.2. The Morgan fingerprint density at radius 1 is 1.11 bits per heavy atom. The molecule has 0 aliphatic heterocycles. The minimum absolute atomic E-state index is 0.0885. The van der Waals surface area contributed by atoms with Gasteiger partial charge in [0, 0.05) is 12.2 Å². The van der Waals surface area contributed by atoms with Crippen molar-refractivity contribution in [3.8, 4) is 5.75 Å². The Morgan fingerprint density at radius 3 is 2.41 bits per heavy atom. The molecule has 0 aliphatic carbocycles. The van der Waals surface area contributed by atoms with Crippen molar-refractivity contribution in [2.24, 2.45) is 0 Å². The van der Waals surface area contributed by atoms with Crippen LogP contribution in [0.4, 0.5) is 5.69 Å². The first-order valence-corrected chi connectivity index (χ1v) is 10.1. The van der Waals surface area contributed by atoms with Crippen LogP contribution >= 0.6 is 12.2 Å². The van der Waals surface area contributed by atoms with Crippen LogP contribution in [0.5, 0.6) is 5.75 Å². The van der Waals surface area contributed by atoms with Gasteiger partial charge in [0.1, 0.15) is 5.75 Å². The van der Waals surface area contributed by atoms with Gasteiger partial charge < -0.3 is 10.1 Å². The maximum absolute atomic E-state index is 12.3. The predicted molar refractivity (Wildman–Crippen MR) is 109 cm³/mol. The Kier molecular flexibility index (Phi) is 7.28. The molecule has 27 heavy (non-hydrogen) atoms. The lowest BCUT2D eigenvalue weighted by molar-refractivity contribution is 0.0974. The summed E-state index contributed by atoms with van der Waals surface area (Å²) in [7, 11) is -2.04. The number of rotatable bonds is 7. The molecule has 0 atom stereocenters. The number of para-hydroxylation sites is 1. The number of amides is 1. The van der Waals surface area contributed by atoms with Crippen LogP contribution in [0.1, 0.15) is 23.7 Å². The fourth-order valence-corrected chi connectivity index (χ4v) is 3.55. The van der Waals surface area contributed by atoms with Crippen LogP contribution in [0.3, 0.4) is 0 Å². The fourth-order valence-electron chi connectivity index (χ4n) is 2.20. The predicted octanol–water partition coefficient (Wildman–Crippen LogP) is 2.51. The number of methoxy groups -OCH3 is 1. The van der Waals surface area contributed by atoms with Crippen LogP contribution in [-0.4, -0.2) is 33.1 Å². The van der Waals surface area contributed by atoms with Crippen molar-refractivity contribution in [2.75, 3.05) is 19.0 Å². The van der Waals surface area contributed by atoms with Crippen molar-refractivity contribution in [3.05, 3.63) is 54.1 Å². The number of hydrogen-bond donors (Lipinski definition) is 3. The number of carbonyl (C=O) groups is 1. The summed E-state index contributed by atoms with van der Waals surface area (Å²) >= 11 is 5.14. The van der Waals surface area contributed by atoms with Crippen LogP contribution in [-0.2, 0) is 10.0 Å². The van der Waals surface area contributed by atoms with Crippen LogP contribution < -0.4 is 20.1 Å². The summed E-state index contributed by atoms with van der Waals surface area (Å²) in [6.07, 6.45) is 0.707. The smallest absolute Gasteiger partial charge is 0.261 e. The third kappa shape index (κ3) is 5.75. The van der Waals surface area contributed by atoms with Gasteiger partial charge in [0.2, 0.25) is 10.0 Å². The minimum Gasteiger partial charge on any atom is -0.496 e. The van der Waals surface area contributed by atoms with Crippen LogP contribution in [0.2, 0.25) is 0 Å². The summed E-state index contributed by atoms with van der Waals surface area (Å²) < 4.78 is 31.8. The quantitative estimate of drug-likeness (QED) is 0.611. The van der Waals surface area contributed by atoms with Gasteiger partial charge in [0.25, 0.3) is 5.91 Å². The first-order valence-electron chi connectivity index (χ1n) is 8.22. The second-order valence-electron chi connectivity index (χ2n) is 5.53. The SMILES string of the molecule is CCCNS(=O)(=O)c1ccc(NC(=S)NC(=O)c2ccccc2OC)cc1. The third-order valence-electron chi connectivity index (χ3n) is 3.54. The van der Waals surface area contributed by atoms with Gasteiger partial charge in [-0.2, -0.15) is 0 Å². The van der Waals surface area contributed by atoms with E-state index in [0.717, 1.165) is 0 Å². The minimum atomic E-state index is -3.52. The molecule has 2 rings (SSSR count). The van der Waals surface area contributed by atoms with Crippen molar-refractivity contribution in [2.45, 2.75) is 18.2 Å². The first kappa shape index (κ1) is 20.8. The van der Waals surface area contributed by atoms with E-state index in [0.29, 0.717) is 30.0 Å². The normalized spacial score (nSPS) is 10.9. The summed E-state index contributed by atoms with van der Waals surface area (Å²) in [4.78, 5) is 12.5. The van der Waals surface area contributed by atoms with Gasteiger partial charge in [-0.15, -0.1) is 0 Å². The van der Waals surface area contributed by atoms with E-state index in [-0.39, 0.29) is 10.0 Å². The molecule has 0 aliphatic rings. The molecular formula is C18H21N3O4S2. The van der Waals surface area contributed by atoms with E-state index in [1.807, 2.05) is 6.92 Å². The van der Waals surface area contributed by atoms with E-state index in [9.17, 15) is 13.2 Å². The van der Waals surface area contributed by atoms with Gasteiger partial charge in [-0.05, 0) is 55.0 Å². The van der Waals surface area contributed by atoms with Gasteiger partial charge in [0.05, 0.1) is 17.6 Å². The molecule has 2 aromatic rings. The highest BCUT2D eigenvalue weighted by Gasteiger charge is 2.14. The second kappa shape index (κ2) is 9.45. The van der Waals surface area contributed by atoms with E-state index >= 15 is 0 Å². The Morgan fingerprint density at radius 2 is 1.78 bits per heavy atom. The summed E-state index contributed by atoms with van der Waals surface area (Å²) in [6, 6.07) is 12.9. The maximum atomic E-state index is 12.3. The van der Waals surface area contributed by atoms with Gasteiger partial charge in [0.15, 0.2) is 5.11 Å². The second-order valence-corrected chi connectivity index (χ2v) is 7.71. The lowest BCUT2D eigenvalue weighted by Crippen LogP contribution is -2.34. The molecule has 0 fully saturated rings. The van der Waals surface area contributed by atoms with Crippen molar-refractivity contribution >= 4 is 38.9 Å². The van der Waals surface area contributed by atoms with Crippen LogP contribution in [0, 0.1) is 0 Å². The standard InChI is InChI=1S/C18H21N3O4S2/c1-3-12-19-27(23,24)14-10-8-13(9-11-14)20-18(26)21-17(22)15-6-4-5-7-16(15)25-2/h4-11,19H,3,12H2,1-2H3,(H2,20,21,22,26). The summed E-state index contributed by atoms with van der Waals surface area (Å²) in [5.41, 5.74) is 0.905. The third-order valence-corrected chi connectivity index (χ3v) is 5.22. The van der Waals surface area contributed by atoms with Crippen molar-refractivity contribution in [3.63, 3.8) is 0 Å². The van der Waals surface area contributed by atoms with Crippen molar-refractivity contribution in [1.82, 2.24) is 10.0 Å². The van der Waals surface area contributed by atoms with Crippen LogP contribution in [0.15, 0.2) is 53.4 Å². The molecule has 0 unspecified atom stereocenters. The largest absolute Gasteiger partial charge is 0.496 e. The molecule has 0 saturated heterocycles. The molecule has 0 heterocycles. The first-order chi connectivity index (χ1) is 12.9. The van der Waals surface area contributed by atoms with Gasteiger partial charge in [-0.3, -0.25) is 10.1 Å². The molecule has 0 aromatic heterocycles. The molecular weight excluding hydrogens is 386 g/mol. The molecule has 0 spiro atoms. The van der Waals surface area contributed by atoms with Gasteiger partial charge in [-0.25, -0.2) is 13.1 Å². The Labute approximate surface area is 164 Å². The lowest BCUT2D eigenvalue weighted by Gasteiger charge is -2.12. The number of nitrogens with one attached hydrogen (secondary N) is 3. The highest BCUT2D eigenvalue weighted by molar-refractivity contribution is 7.89. The van der Waals surface area contributed by atoms with Crippen LogP contribution in [0.25, 0.3) is 0 Å². The fraction of sp³-hybridized carbons (Fsp3) is 0.222. The van der Waals surface area contributed by atoms with Gasteiger partial charge >= 0.3 is 0 Å². The zero-order valence-corrected chi connectivity index (χ0v) is 16.6. The molecule has 7 nitrogen and oxygen atoms in total.